The monoisotopic (exact) mass is 432 g/mol. The van der Waals surface area contributed by atoms with Crippen LogP contribution in [0.3, 0.4) is 0 Å². The first-order valence-electron chi connectivity index (χ1n) is 9.77. The molecule has 3 rings (SSSR count). The predicted molar refractivity (Wildman–Crippen MR) is 116 cm³/mol. The molecule has 0 unspecified atom stereocenters. The molecule has 0 saturated carbocycles. The number of aromatic nitrogens is 1. The van der Waals surface area contributed by atoms with E-state index in [4.69, 9.17) is 4.74 Å². The van der Waals surface area contributed by atoms with Gasteiger partial charge in [-0.15, -0.1) is 11.3 Å². The summed E-state index contributed by atoms with van der Waals surface area (Å²) in [4.78, 5) is 32.0. The summed E-state index contributed by atoms with van der Waals surface area (Å²) >= 11 is 1.58. The molecule has 1 aliphatic heterocycles. The van der Waals surface area contributed by atoms with E-state index in [-0.39, 0.29) is 18.9 Å². The standard InChI is InChI=1S/C21H28N4O4S/c1-13-18(30-12-22-13)14-6-8-15(9-7-14)24(5)23-19(27)17-10-16(26)11-25(17)20(28)29-21(2,3)4/h6-9,12,16-17,26H,10-11H2,1-5H3,(H,23,27)/t16-,17+/m1/s1. The maximum atomic E-state index is 12.8. The Hall–Kier alpha value is -2.65. The van der Waals surface area contributed by atoms with Gasteiger partial charge in [0.05, 0.1) is 34.4 Å². The van der Waals surface area contributed by atoms with E-state index < -0.39 is 23.8 Å². The summed E-state index contributed by atoms with van der Waals surface area (Å²) in [6.45, 7) is 7.32. The Morgan fingerprint density at radius 2 is 1.97 bits per heavy atom. The van der Waals surface area contributed by atoms with Crippen LogP contribution in [0.25, 0.3) is 10.4 Å². The number of aliphatic hydroxyl groups is 1. The number of nitrogens with zero attached hydrogens (tertiary/aromatic N) is 3. The third-order valence-corrected chi connectivity index (χ3v) is 5.73. The molecule has 2 heterocycles. The van der Waals surface area contributed by atoms with E-state index in [1.165, 1.54) is 4.90 Å². The number of aliphatic hydroxyl groups excluding tert-OH is 1. The number of hydrazine groups is 1. The summed E-state index contributed by atoms with van der Waals surface area (Å²) < 4.78 is 5.38. The summed E-state index contributed by atoms with van der Waals surface area (Å²) in [6.07, 6.45) is -1.20. The van der Waals surface area contributed by atoms with Crippen molar-refractivity contribution >= 4 is 29.0 Å². The van der Waals surface area contributed by atoms with Gasteiger partial charge in [0.15, 0.2) is 0 Å². The minimum absolute atomic E-state index is 0.0691. The molecule has 2 atom stereocenters. The first-order chi connectivity index (χ1) is 14.0. The van der Waals surface area contributed by atoms with Gasteiger partial charge in [-0.05, 0) is 45.4 Å². The van der Waals surface area contributed by atoms with Gasteiger partial charge >= 0.3 is 6.09 Å². The molecule has 30 heavy (non-hydrogen) atoms. The number of likely N-dealkylation sites (tertiary alicyclic amines) is 1. The Labute approximate surface area is 180 Å². The highest BCUT2D eigenvalue weighted by atomic mass is 32.1. The number of benzene rings is 1. The van der Waals surface area contributed by atoms with Gasteiger partial charge in [-0.2, -0.15) is 0 Å². The molecule has 9 heteroatoms. The number of β-amino-alcohol motifs (C(OH)–C–C–N with tert-alkyl or cyclic N) is 1. The van der Waals surface area contributed by atoms with Gasteiger partial charge in [-0.3, -0.25) is 20.1 Å². The van der Waals surface area contributed by atoms with Crippen LogP contribution in [0.1, 0.15) is 32.9 Å². The second kappa shape index (κ2) is 8.61. The maximum Gasteiger partial charge on any atom is 0.411 e. The van der Waals surface area contributed by atoms with Crippen LogP contribution in [0.5, 0.6) is 0 Å². The number of nitrogens with one attached hydrogen (secondary N) is 1. The number of carbonyl (C=O) groups excluding carboxylic acids is 2. The van der Waals surface area contributed by atoms with Crippen LogP contribution in [0.4, 0.5) is 10.5 Å². The van der Waals surface area contributed by atoms with E-state index in [0.717, 1.165) is 21.8 Å². The minimum atomic E-state index is -0.795. The molecule has 1 aromatic carbocycles. The second-order valence-corrected chi connectivity index (χ2v) is 9.24. The van der Waals surface area contributed by atoms with Crippen LogP contribution < -0.4 is 10.4 Å². The van der Waals surface area contributed by atoms with E-state index in [1.54, 1.807) is 44.2 Å². The smallest absolute Gasteiger partial charge is 0.411 e. The van der Waals surface area contributed by atoms with Crippen LogP contribution >= 0.6 is 11.3 Å². The molecule has 2 N–H and O–H groups in total. The van der Waals surface area contributed by atoms with Crippen molar-refractivity contribution in [2.24, 2.45) is 0 Å². The maximum absolute atomic E-state index is 12.8. The lowest BCUT2D eigenvalue weighted by Crippen LogP contribution is -2.51. The third-order valence-electron chi connectivity index (χ3n) is 4.75. The summed E-state index contributed by atoms with van der Waals surface area (Å²) in [5.74, 6) is -0.373. The molecule has 1 saturated heterocycles. The number of rotatable bonds is 4. The van der Waals surface area contributed by atoms with Crippen molar-refractivity contribution in [3.05, 3.63) is 35.5 Å². The molecule has 0 aliphatic carbocycles. The number of aryl methyl sites for hydroxylation is 1. The van der Waals surface area contributed by atoms with Crippen molar-refractivity contribution in [1.82, 2.24) is 15.3 Å². The lowest BCUT2D eigenvalue weighted by molar-refractivity contribution is -0.125. The highest BCUT2D eigenvalue weighted by Crippen LogP contribution is 2.28. The van der Waals surface area contributed by atoms with Crippen LogP contribution in [0.2, 0.25) is 0 Å². The Kier molecular flexibility index (Phi) is 6.33. The highest BCUT2D eigenvalue weighted by Gasteiger charge is 2.41. The van der Waals surface area contributed by atoms with Crippen molar-refractivity contribution in [1.29, 1.82) is 0 Å². The molecule has 1 aromatic heterocycles. The minimum Gasteiger partial charge on any atom is -0.444 e. The lowest BCUT2D eigenvalue weighted by atomic mass is 10.1. The highest BCUT2D eigenvalue weighted by molar-refractivity contribution is 7.13. The number of hydrogen-bond donors (Lipinski definition) is 2. The third kappa shape index (κ3) is 5.09. The zero-order chi connectivity index (χ0) is 22.1. The van der Waals surface area contributed by atoms with Crippen molar-refractivity contribution < 1.29 is 19.4 Å². The second-order valence-electron chi connectivity index (χ2n) is 8.39. The number of hydrogen-bond acceptors (Lipinski definition) is 7. The fraction of sp³-hybridized carbons (Fsp3) is 0.476. The van der Waals surface area contributed by atoms with Gasteiger partial charge < -0.3 is 9.84 Å². The fourth-order valence-electron chi connectivity index (χ4n) is 3.30. The van der Waals surface area contributed by atoms with Gasteiger partial charge in [-0.25, -0.2) is 9.78 Å². The van der Waals surface area contributed by atoms with E-state index in [0.29, 0.717) is 0 Å². The molecule has 2 amide bonds. The largest absolute Gasteiger partial charge is 0.444 e. The van der Waals surface area contributed by atoms with Crippen molar-refractivity contribution in [2.45, 2.75) is 51.9 Å². The molecule has 8 nitrogen and oxygen atoms in total. The average molecular weight is 433 g/mol. The average Bonchev–Trinajstić information content (AvgIpc) is 3.26. The number of carbonyl (C=O) groups is 2. The molecule has 0 radical (unpaired) electrons. The van der Waals surface area contributed by atoms with Gasteiger partial charge in [0.1, 0.15) is 11.6 Å². The quantitative estimate of drug-likeness (QED) is 0.722. The van der Waals surface area contributed by atoms with Gasteiger partial charge in [0.2, 0.25) is 0 Å². The molecule has 0 spiro atoms. The van der Waals surface area contributed by atoms with Crippen LogP contribution in [0, 0.1) is 6.92 Å². The molecule has 162 valence electrons. The van der Waals surface area contributed by atoms with E-state index in [2.05, 4.69) is 10.4 Å². The SMILES string of the molecule is Cc1ncsc1-c1ccc(N(C)NC(=O)[C@@H]2C[C@@H](O)CN2C(=O)OC(C)(C)C)cc1. The first-order valence-corrected chi connectivity index (χ1v) is 10.7. The molecular weight excluding hydrogens is 404 g/mol. The zero-order valence-corrected chi connectivity index (χ0v) is 18.7. The van der Waals surface area contributed by atoms with Gasteiger partial charge in [-0.1, -0.05) is 12.1 Å². The Bertz CT molecular complexity index is 906. The molecule has 0 bridgehead atoms. The normalized spacial score (nSPS) is 18.9. The first kappa shape index (κ1) is 22.0. The summed E-state index contributed by atoms with van der Waals surface area (Å²) in [6, 6.07) is 6.97. The van der Waals surface area contributed by atoms with E-state index in [1.807, 2.05) is 36.7 Å². The van der Waals surface area contributed by atoms with Crippen LogP contribution in [-0.2, 0) is 9.53 Å². The van der Waals surface area contributed by atoms with E-state index >= 15 is 0 Å². The van der Waals surface area contributed by atoms with Crippen molar-refractivity contribution in [2.75, 3.05) is 18.6 Å². The Balaban J connectivity index is 1.66. The summed E-state index contributed by atoms with van der Waals surface area (Å²) in [5, 5.41) is 11.6. The molecule has 2 aromatic rings. The fourth-order valence-corrected chi connectivity index (χ4v) is 4.12. The number of anilines is 1. The van der Waals surface area contributed by atoms with Gasteiger partial charge in [0.25, 0.3) is 5.91 Å². The predicted octanol–water partition coefficient (Wildman–Crippen LogP) is 2.96. The van der Waals surface area contributed by atoms with Crippen LogP contribution in [0.15, 0.2) is 29.8 Å². The Morgan fingerprint density at radius 3 is 2.53 bits per heavy atom. The molecule has 1 fully saturated rings. The molecular formula is C21H28N4O4S. The zero-order valence-electron chi connectivity index (χ0n) is 17.9. The van der Waals surface area contributed by atoms with Crippen molar-refractivity contribution in [3.8, 4) is 10.4 Å². The van der Waals surface area contributed by atoms with Gasteiger partial charge in [0, 0.05) is 13.5 Å². The van der Waals surface area contributed by atoms with Crippen molar-refractivity contribution in [3.63, 3.8) is 0 Å². The summed E-state index contributed by atoms with van der Waals surface area (Å²) in [7, 11) is 1.73. The summed E-state index contributed by atoms with van der Waals surface area (Å²) in [5.41, 5.74) is 6.77. The number of ether oxygens (including phenoxy) is 1. The Morgan fingerprint density at radius 1 is 1.30 bits per heavy atom. The molecule has 1 aliphatic rings. The number of amides is 2. The lowest BCUT2D eigenvalue weighted by Gasteiger charge is -2.29. The van der Waals surface area contributed by atoms with Crippen LogP contribution in [-0.4, -0.2) is 58.3 Å². The number of thiazole rings is 1. The van der Waals surface area contributed by atoms with E-state index in [9.17, 15) is 14.7 Å². The topological polar surface area (TPSA) is 95.0 Å².